The van der Waals surface area contributed by atoms with Gasteiger partial charge in [0.2, 0.25) is 5.91 Å². The van der Waals surface area contributed by atoms with E-state index in [4.69, 9.17) is 13.9 Å². The van der Waals surface area contributed by atoms with E-state index in [0.29, 0.717) is 56.0 Å². The van der Waals surface area contributed by atoms with E-state index in [0.717, 1.165) is 5.56 Å². The third-order valence-corrected chi connectivity index (χ3v) is 5.08. The number of carbonyl (C=O) groups excluding carboxylic acids is 2. The van der Waals surface area contributed by atoms with Crippen LogP contribution in [-0.4, -0.2) is 50.6 Å². The normalized spacial score (nSPS) is 14.6. The second-order valence-electron chi connectivity index (χ2n) is 6.81. The maximum absolute atomic E-state index is 12.4. The van der Waals surface area contributed by atoms with E-state index in [-0.39, 0.29) is 17.7 Å². The molecule has 1 saturated heterocycles. The number of nitrogens with one attached hydrogen (secondary N) is 1. The van der Waals surface area contributed by atoms with Crippen LogP contribution in [0.4, 0.5) is 0 Å². The number of likely N-dealkylation sites (tertiary alicyclic amines) is 1. The molecule has 2 amide bonds. The Morgan fingerprint density at radius 3 is 2.54 bits per heavy atom. The SMILES string of the molecule is COc1ccc(CCNC(=O)C2CCN(C(=O)c3ccoc3)CC2)cc1OC. The third-order valence-electron chi connectivity index (χ3n) is 5.08. The molecule has 1 aliphatic rings. The van der Waals surface area contributed by atoms with Crippen molar-refractivity contribution in [3.8, 4) is 11.5 Å². The van der Waals surface area contributed by atoms with E-state index in [1.165, 1.54) is 12.5 Å². The molecule has 1 aromatic heterocycles. The van der Waals surface area contributed by atoms with Gasteiger partial charge in [0, 0.05) is 25.6 Å². The number of hydrogen-bond acceptors (Lipinski definition) is 5. The van der Waals surface area contributed by atoms with Crippen molar-refractivity contribution in [3.63, 3.8) is 0 Å². The number of furan rings is 1. The molecule has 0 atom stereocenters. The molecule has 28 heavy (non-hydrogen) atoms. The fourth-order valence-electron chi connectivity index (χ4n) is 3.42. The minimum absolute atomic E-state index is 0.0407. The summed E-state index contributed by atoms with van der Waals surface area (Å²) in [6.45, 7) is 1.72. The summed E-state index contributed by atoms with van der Waals surface area (Å²) in [5.41, 5.74) is 1.62. The first-order chi connectivity index (χ1) is 13.6. The van der Waals surface area contributed by atoms with Crippen LogP contribution in [0.15, 0.2) is 41.2 Å². The van der Waals surface area contributed by atoms with Gasteiger partial charge in [-0.3, -0.25) is 9.59 Å². The van der Waals surface area contributed by atoms with Gasteiger partial charge in [-0.2, -0.15) is 0 Å². The number of rotatable bonds is 7. The Morgan fingerprint density at radius 1 is 1.14 bits per heavy atom. The molecule has 0 bridgehead atoms. The highest BCUT2D eigenvalue weighted by Gasteiger charge is 2.27. The van der Waals surface area contributed by atoms with Crippen molar-refractivity contribution in [3.05, 3.63) is 47.9 Å². The lowest BCUT2D eigenvalue weighted by molar-refractivity contribution is -0.126. The monoisotopic (exact) mass is 386 g/mol. The largest absolute Gasteiger partial charge is 0.493 e. The Hall–Kier alpha value is -2.96. The molecule has 1 N–H and O–H groups in total. The van der Waals surface area contributed by atoms with Crippen LogP contribution in [0.3, 0.4) is 0 Å². The van der Waals surface area contributed by atoms with E-state index >= 15 is 0 Å². The standard InChI is InChI=1S/C21H26N2O5/c1-26-18-4-3-15(13-19(18)27-2)5-9-22-20(24)16-6-10-23(11-7-16)21(25)17-8-12-28-14-17/h3-4,8,12-14,16H,5-7,9-11H2,1-2H3,(H,22,24). The van der Waals surface area contributed by atoms with E-state index in [1.807, 2.05) is 18.2 Å². The summed E-state index contributed by atoms with van der Waals surface area (Å²) in [4.78, 5) is 26.5. The van der Waals surface area contributed by atoms with Crippen LogP contribution >= 0.6 is 0 Å². The van der Waals surface area contributed by atoms with Crippen molar-refractivity contribution in [2.24, 2.45) is 5.92 Å². The summed E-state index contributed by atoms with van der Waals surface area (Å²) in [6.07, 6.45) is 5.00. The van der Waals surface area contributed by atoms with Crippen LogP contribution in [-0.2, 0) is 11.2 Å². The van der Waals surface area contributed by atoms with Crippen LogP contribution in [0.5, 0.6) is 11.5 Å². The summed E-state index contributed by atoms with van der Waals surface area (Å²) in [5, 5.41) is 3.01. The zero-order valence-corrected chi connectivity index (χ0v) is 16.3. The fourth-order valence-corrected chi connectivity index (χ4v) is 3.42. The van der Waals surface area contributed by atoms with Crippen molar-refractivity contribution >= 4 is 11.8 Å². The molecule has 0 spiro atoms. The molecule has 1 fully saturated rings. The van der Waals surface area contributed by atoms with Gasteiger partial charge in [-0.1, -0.05) is 6.07 Å². The van der Waals surface area contributed by atoms with Gasteiger partial charge in [-0.25, -0.2) is 0 Å². The minimum atomic E-state index is -0.0567. The first-order valence-corrected chi connectivity index (χ1v) is 9.42. The van der Waals surface area contributed by atoms with E-state index < -0.39 is 0 Å². The number of benzene rings is 1. The zero-order chi connectivity index (χ0) is 19.9. The quantitative estimate of drug-likeness (QED) is 0.791. The van der Waals surface area contributed by atoms with Gasteiger partial charge in [-0.05, 0) is 43.0 Å². The highest BCUT2D eigenvalue weighted by molar-refractivity contribution is 5.94. The van der Waals surface area contributed by atoms with E-state index in [2.05, 4.69) is 5.32 Å². The van der Waals surface area contributed by atoms with Gasteiger partial charge in [0.1, 0.15) is 6.26 Å². The lowest BCUT2D eigenvalue weighted by Crippen LogP contribution is -2.43. The Balaban J connectivity index is 1.43. The molecular formula is C21H26N2O5. The maximum atomic E-state index is 12.4. The van der Waals surface area contributed by atoms with Crippen molar-refractivity contribution < 1.29 is 23.5 Å². The number of ether oxygens (including phenoxy) is 2. The Labute approximate surface area is 164 Å². The van der Waals surface area contributed by atoms with Crippen LogP contribution in [0.2, 0.25) is 0 Å². The van der Waals surface area contributed by atoms with Crippen molar-refractivity contribution in [1.29, 1.82) is 0 Å². The topological polar surface area (TPSA) is 81.0 Å². The molecule has 1 aliphatic heterocycles. The molecule has 7 heteroatoms. The van der Waals surface area contributed by atoms with Gasteiger partial charge in [0.15, 0.2) is 11.5 Å². The number of amides is 2. The van der Waals surface area contributed by atoms with Crippen molar-refractivity contribution in [2.45, 2.75) is 19.3 Å². The van der Waals surface area contributed by atoms with E-state index in [9.17, 15) is 9.59 Å². The average Bonchev–Trinajstić information content (AvgIpc) is 3.28. The number of piperidine rings is 1. The van der Waals surface area contributed by atoms with Gasteiger partial charge >= 0.3 is 0 Å². The maximum Gasteiger partial charge on any atom is 0.257 e. The second-order valence-corrected chi connectivity index (χ2v) is 6.81. The predicted molar refractivity (Wildman–Crippen MR) is 104 cm³/mol. The zero-order valence-electron chi connectivity index (χ0n) is 16.3. The first-order valence-electron chi connectivity index (χ1n) is 9.42. The lowest BCUT2D eigenvalue weighted by Gasteiger charge is -2.31. The fraction of sp³-hybridized carbons (Fsp3) is 0.429. The van der Waals surface area contributed by atoms with E-state index in [1.54, 1.807) is 25.2 Å². The third kappa shape index (κ3) is 4.65. The molecule has 150 valence electrons. The van der Waals surface area contributed by atoms with Crippen molar-refractivity contribution in [2.75, 3.05) is 33.9 Å². The number of methoxy groups -OCH3 is 2. The Bertz CT molecular complexity index is 795. The Kier molecular flexibility index (Phi) is 6.57. The smallest absolute Gasteiger partial charge is 0.257 e. The van der Waals surface area contributed by atoms with Gasteiger partial charge in [0.25, 0.3) is 5.91 Å². The molecule has 0 aliphatic carbocycles. The van der Waals surface area contributed by atoms with Crippen LogP contribution < -0.4 is 14.8 Å². The highest BCUT2D eigenvalue weighted by atomic mass is 16.5. The van der Waals surface area contributed by atoms with Gasteiger partial charge in [-0.15, -0.1) is 0 Å². The molecule has 3 rings (SSSR count). The number of hydrogen-bond donors (Lipinski definition) is 1. The summed E-state index contributed by atoms with van der Waals surface area (Å²) in [6, 6.07) is 7.41. The number of nitrogens with zero attached hydrogens (tertiary/aromatic N) is 1. The van der Waals surface area contributed by atoms with Crippen molar-refractivity contribution in [1.82, 2.24) is 10.2 Å². The van der Waals surface area contributed by atoms with Crippen LogP contribution in [0.1, 0.15) is 28.8 Å². The highest BCUT2D eigenvalue weighted by Crippen LogP contribution is 2.27. The molecule has 2 heterocycles. The lowest BCUT2D eigenvalue weighted by atomic mass is 9.95. The summed E-state index contributed by atoms with van der Waals surface area (Å²) in [7, 11) is 3.21. The molecular weight excluding hydrogens is 360 g/mol. The first kappa shape index (κ1) is 19.8. The van der Waals surface area contributed by atoms with Crippen LogP contribution in [0, 0.1) is 5.92 Å². The summed E-state index contributed by atoms with van der Waals surface area (Å²) < 4.78 is 15.5. The molecule has 2 aromatic rings. The van der Waals surface area contributed by atoms with Crippen LogP contribution in [0.25, 0.3) is 0 Å². The summed E-state index contributed by atoms with van der Waals surface area (Å²) in [5.74, 6) is 1.32. The van der Waals surface area contributed by atoms with Gasteiger partial charge in [0.05, 0.1) is 26.0 Å². The summed E-state index contributed by atoms with van der Waals surface area (Å²) >= 11 is 0. The second kappa shape index (κ2) is 9.30. The molecule has 0 unspecified atom stereocenters. The Morgan fingerprint density at radius 2 is 1.89 bits per heavy atom. The average molecular weight is 386 g/mol. The molecule has 7 nitrogen and oxygen atoms in total. The van der Waals surface area contributed by atoms with Gasteiger partial charge < -0.3 is 24.1 Å². The molecule has 0 radical (unpaired) electrons. The number of carbonyl (C=O) groups is 2. The molecule has 1 aromatic carbocycles. The minimum Gasteiger partial charge on any atom is -0.493 e. The predicted octanol–water partition coefficient (Wildman–Crippen LogP) is 2.51. The molecule has 0 saturated carbocycles.